The van der Waals surface area contributed by atoms with E-state index in [2.05, 4.69) is 10.6 Å². The second-order valence-corrected chi connectivity index (χ2v) is 4.85. The maximum Gasteiger partial charge on any atom is 0.231 e. The first-order valence-corrected chi connectivity index (χ1v) is 6.30. The molecule has 1 amide bonds. The zero-order valence-electron chi connectivity index (χ0n) is 11.0. The van der Waals surface area contributed by atoms with Gasteiger partial charge in [-0.1, -0.05) is 12.5 Å². The molecule has 1 aromatic rings. The maximum absolute atomic E-state index is 12.3. The van der Waals surface area contributed by atoms with E-state index in [4.69, 9.17) is 4.74 Å². The van der Waals surface area contributed by atoms with Crippen molar-refractivity contribution in [3.05, 3.63) is 24.3 Å². The molecule has 0 aromatic heterocycles. The molecule has 18 heavy (non-hydrogen) atoms. The molecular formula is C14H20N2O2. The zero-order valence-corrected chi connectivity index (χ0v) is 11.0. The van der Waals surface area contributed by atoms with Gasteiger partial charge in [0.05, 0.1) is 12.5 Å². The second kappa shape index (κ2) is 5.40. The summed E-state index contributed by atoms with van der Waals surface area (Å²) in [7, 11) is 3.51. The number of benzene rings is 1. The summed E-state index contributed by atoms with van der Waals surface area (Å²) in [5, 5.41) is 6.10. The molecule has 0 unspecified atom stereocenters. The van der Waals surface area contributed by atoms with Crippen molar-refractivity contribution in [2.75, 3.05) is 26.0 Å². The first-order valence-electron chi connectivity index (χ1n) is 6.30. The number of hydrogen-bond donors (Lipinski definition) is 2. The van der Waals surface area contributed by atoms with Gasteiger partial charge in [-0.3, -0.25) is 4.79 Å². The molecule has 0 radical (unpaired) electrons. The smallest absolute Gasteiger partial charge is 0.231 e. The van der Waals surface area contributed by atoms with E-state index in [1.54, 1.807) is 7.11 Å². The second-order valence-electron chi connectivity index (χ2n) is 4.85. The van der Waals surface area contributed by atoms with Crippen molar-refractivity contribution in [2.24, 2.45) is 5.41 Å². The van der Waals surface area contributed by atoms with E-state index in [1.807, 2.05) is 31.3 Å². The van der Waals surface area contributed by atoms with E-state index in [0.29, 0.717) is 0 Å². The molecule has 1 aliphatic rings. The van der Waals surface area contributed by atoms with Crippen molar-refractivity contribution in [1.82, 2.24) is 5.32 Å². The number of carbonyl (C=O) groups excluding carboxylic acids is 1. The van der Waals surface area contributed by atoms with Gasteiger partial charge in [0.1, 0.15) is 5.75 Å². The highest BCUT2D eigenvalue weighted by Gasteiger charge is 2.43. The third kappa shape index (κ3) is 2.48. The van der Waals surface area contributed by atoms with Crippen LogP contribution < -0.4 is 15.4 Å². The molecule has 98 valence electrons. The average molecular weight is 248 g/mol. The molecule has 2 N–H and O–H groups in total. The van der Waals surface area contributed by atoms with Crippen molar-refractivity contribution in [3.63, 3.8) is 0 Å². The molecule has 1 aromatic carbocycles. The van der Waals surface area contributed by atoms with Gasteiger partial charge in [0, 0.05) is 18.3 Å². The van der Waals surface area contributed by atoms with Gasteiger partial charge in [0.2, 0.25) is 5.91 Å². The van der Waals surface area contributed by atoms with Gasteiger partial charge >= 0.3 is 0 Å². The highest BCUT2D eigenvalue weighted by Crippen LogP contribution is 2.41. The number of methoxy groups -OCH3 is 1. The summed E-state index contributed by atoms with van der Waals surface area (Å²) in [5.74, 6) is 0.862. The van der Waals surface area contributed by atoms with E-state index >= 15 is 0 Å². The molecule has 1 saturated carbocycles. The number of carbonyl (C=O) groups is 1. The summed E-state index contributed by atoms with van der Waals surface area (Å²) in [6.07, 6.45) is 3.06. The number of ether oxygens (including phenoxy) is 1. The summed E-state index contributed by atoms with van der Waals surface area (Å²) >= 11 is 0. The Morgan fingerprint density at radius 1 is 1.44 bits per heavy atom. The predicted octanol–water partition coefficient (Wildman–Crippen LogP) is 2.02. The molecule has 0 saturated heterocycles. The van der Waals surface area contributed by atoms with Gasteiger partial charge in [-0.05, 0) is 32.0 Å². The lowest BCUT2D eigenvalue weighted by molar-refractivity contribution is -0.129. The summed E-state index contributed by atoms with van der Waals surface area (Å²) in [4.78, 5) is 12.3. The lowest BCUT2D eigenvalue weighted by Crippen LogP contribution is -2.48. The molecule has 0 heterocycles. The Bertz CT molecular complexity index is 428. The van der Waals surface area contributed by atoms with Crippen LogP contribution >= 0.6 is 0 Å². The largest absolute Gasteiger partial charge is 0.497 e. The van der Waals surface area contributed by atoms with E-state index in [0.717, 1.165) is 37.2 Å². The van der Waals surface area contributed by atoms with Crippen LogP contribution in [0.25, 0.3) is 0 Å². The first kappa shape index (κ1) is 12.9. The molecular weight excluding hydrogens is 228 g/mol. The van der Waals surface area contributed by atoms with Crippen LogP contribution in [0.15, 0.2) is 24.3 Å². The van der Waals surface area contributed by atoms with Gasteiger partial charge in [-0.2, -0.15) is 0 Å². The minimum Gasteiger partial charge on any atom is -0.497 e. The number of nitrogens with one attached hydrogen (secondary N) is 2. The molecule has 0 aliphatic heterocycles. The van der Waals surface area contributed by atoms with Crippen molar-refractivity contribution in [1.29, 1.82) is 0 Å². The van der Waals surface area contributed by atoms with Crippen LogP contribution in [-0.4, -0.2) is 26.6 Å². The highest BCUT2D eigenvalue weighted by atomic mass is 16.5. The molecule has 4 nitrogen and oxygen atoms in total. The molecule has 1 aliphatic carbocycles. The Hall–Kier alpha value is -1.55. The SMILES string of the molecule is CNCC1(C(=O)Nc2cccc(OC)c2)CCC1. The third-order valence-corrected chi connectivity index (χ3v) is 3.64. The van der Waals surface area contributed by atoms with Gasteiger partial charge in [0.25, 0.3) is 0 Å². The van der Waals surface area contributed by atoms with Gasteiger partial charge in [-0.15, -0.1) is 0 Å². The standard InChI is InChI=1S/C14H20N2O2/c1-15-10-14(7-4-8-14)13(17)16-11-5-3-6-12(9-11)18-2/h3,5-6,9,15H,4,7-8,10H2,1-2H3,(H,16,17). The first-order chi connectivity index (χ1) is 8.70. The summed E-state index contributed by atoms with van der Waals surface area (Å²) < 4.78 is 5.15. The van der Waals surface area contributed by atoms with E-state index < -0.39 is 0 Å². The van der Waals surface area contributed by atoms with Crippen LogP contribution in [0.4, 0.5) is 5.69 Å². The molecule has 1 fully saturated rings. The minimum absolute atomic E-state index is 0.108. The van der Waals surface area contributed by atoms with Crippen LogP contribution in [0.5, 0.6) is 5.75 Å². The van der Waals surface area contributed by atoms with Gasteiger partial charge in [0.15, 0.2) is 0 Å². The van der Waals surface area contributed by atoms with E-state index in [-0.39, 0.29) is 11.3 Å². The van der Waals surface area contributed by atoms with Crippen molar-refractivity contribution in [3.8, 4) is 5.75 Å². The van der Waals surface area contributed by atoms with Crippen LogP contribution in [-0.2, 0) is 4.79 Å². The Labute approximate surface area is 108 Å². The Balaban J connectivity index is 2.06. The monoisotopic (exact) mass is 248 g/mol. The summed E-state index contributed by atoms with van der Waals surface area (Å²) in [6, 6.07) is 7.46. The summed E-state index contributed by atoms with van der Waals surface area (Å²) in [5.41, 5.74) is 0.569. The average Bonchev–Trinajstić information content (AvgIpc) is 2.33. The number of anilines is 1. The number of hydrogen-bond acceptors (Lipinski definition) is 3. The molecule has 0 spiro atoms. The lowest BCUT2D eigenvalue weighted by Gasteiger charge is -2.40. The highest BCUT2D eigenvalue weighted by molar-refractivity contribution is 5.96. The fourth-order valence-corrected chi connectivity index (χ4v) is 2.39. The van der Waals surface area contributed by atoms with E-state index in [9.17, 15) is 4.79 Å². The van der Waals surface area contributed by atoms with E-state index in [1.165, 1.54) is 0 Å². The predicted molar refractivity (Wildman–Crippen MR) is 71.8 cm³/mol. The third-order valence-electron chi connectivity index (χ3n) is 3.64. The van der Waals surface area contributed by atoms with Crippen molar-refractivity contribution >= 4 is 11.6 Å². The number of rotatable bonds is 5. The van der Waals surface area contributed by atoms with Crippen LogP contribution in [0.3, 0.4) is 0 Å². The van der Waals surface area contributed by atoms with Crippen molar-refractivity contribution in [2.45, 2.75) is 19.3 Å². The topological polar surface area (TPSA) is 50.4 Å². The molecule has 0 bridgehead atoms. The fraction of sp³-hybridized carbons (Fsp3) is 0.500. The molecule has 2 rings (SSSR count). The van der Waals surface area contributed by atoms with Crippen molar-refractivity contribution < 1.29 is 9.53 Å². The molecule has 0 atom stereocenters. The van der Waals surface area contributed by atoms with Gasteiger partial charge in [-0.25, -0.2) is 0 Å². The Kier molecular flexibility index (Phi) is 3.87. The van der Waals surface area contributed by atoms with Crippen LogP contribution in [0.1, 0.15) is 19.3 Å². The van der Waals surface area contributed by atoms with Gasteiger partial charge < -0.3 is 15.4 Å². The maximum atomic E-state index is 12.3. The van der Waals surface area contributed by atoms with Crippen LogP contribution in [0.2, 0.25) is 0 Å². The summed E-state index contributed by atoms with van der Waals surface area (Å²) in [6.45, 7) is 0.739. The minimum atomic E-state index is -0.224. The quantitative estimate of drug-likeness (QED) is 0.838. The lowest BCUT2D eigenvalue weighted by atomic mass is 9.68. The van der Waals surface area contributed by atoms with Crippen LogP contribution in [0, 0.1) is 5.41 Å². The molecule has 4 heteroatoms. The fourth-order valence-electron chi connectivity index (χ4n) is 2.39. The Morgan fingerprint density at radius 2 is 2.22 bits per heavy atom. The normalized spacial score (nSPS) is 16.8. The number of amides is 1. The Morgan fingerprint density at radius 3 is 2.78 bits per heavy atom. The zero-order chi connectivity index (χ0) is 13.0.